The van der Waals surface area contributed by atoms with E-state index in [1.165, 1.54) is 6.92 Å². The van der Waals surface area contributed by atoms with E-state index < -0.39 is 11.7 Å². The van der Waals surface area contributed by atoms with E-state index in [9.17, 15) is 15.0 Å². The van der Waals surface area contributed by atoms with Gasteiger partial charge in [0.25, 0.3) is 0 Å². The first-order valence-electron chi connectivity index (χ1n) is 5.43. The van der Waals surface area contributed by atoms with Crippen molar-refractivity contribution in [1.29, 1.82) is 0 Å². The van der Waals surface area contributed by atoms with E-state index in [4.69, 9.17) is 4.74 Å². The van der Waals surface area contributed by atoms with Crippen LogP contribution in [-0.2, 0) is 9.53 Å². The summed E-state index contributed by atoms with van der Waals surface area (Å²) in [5.74, 6) is -0.305. The van der Waals surface area contributed by atoms with Gasteiger partial charge in [0.2, 0.25) is 0 Å². The van der Waals surface area contributed by atoms with Crippen LogP contribution in [0, 0.1) is 0 Å². The maximum Gasteiger partial charge on any atom is 0.302 e. The fraction of sp³-hybridized carbons (Fsp3) is 0.750. The quantitative estimate of drug-likeness (QED) is 0.535. The van der Waals surface area contributed by atoms with Crippen molar-refractivity contribution in [3.8, 4) is 0 Å². The zero-order chi connectivity index (χ0) is 12.8. The monoisotopic (exact) mass is 230 g/mol. The molecule has 94 valence electrons. The molecule has 0 aliphatic rings. The minimum atomic E-state index is -1.07. The number of ether oxygens (including phenoxy) is 1. The van der Waals surface area contributed by atoms with Crippen LogP contribution in [0.25, 0.3) is 0 Å². The number of aliphatic hydroxyl groups is 2. The Labute approximate surface area is 96.9 Å². The summed E-state index contributed by atoms with van der Waals surface area (Å²) in [5.41, 5.74) is -0.0413. The Balaban J connectivity index is 3.88. The highest BCUT2D eigenvalue weighted by atomic mass is 16.5. The lowest BCUT2D eigenvalue weighted by molar-refractivity contribution is -0.139. The third-order valence-corrected chi connectivity index (χ3v) is 2.35. The van der Waals surface area contributed by atoms with Crippen molar-refractivity contribution in [2.45, 2.75) is 52.2 Å². The van der Waals surface area contributed by atoms with Crippen LogP contribution in [0.5, 0.6) is 0 Å². The van der Waals surface area contributed by atoms with E-state index in [2.05, 4.69) is 0 Å². The lowest BCUT2D eigenvalue weighted by Crippen LogP contribution is -2.35. The molecule has 4 nitrogen and oxygen atoms in total. The molecule has 0 radical (unpaired) electrons. The Morgan fingerprint density at radius 1 is 1.44 bits per heavy atom. The number of allylic oxidation sites excluding steroid dienone is 1. The van der Waals surface area contributed by atoms with Crippen molar-refractivity contribution in [3.63, 3.8) is 0 Å². The summed E-state index contributed by atoms with van der Waals surface area (Å²) in [7, 11) is 0. The van der Waals surface area contributed by atoms with E-state index in [0.717, 1.165) is 5.57 Å². The molecule has 0 rings (SSSR count). The molecule has 0 saturated carbocycles. The average molecular weight is 230 g/mol. The van der Waals surface area contributed by atoms with Crippen LogP contribution in [-0.4, -0.2) is 34.5 Å². The zero-order valence-electron chi connectivity index (χ0n) is 10.5. The predicted octanol–water partition coefficient (Wildman–Crippen LogP) is 1.41. The van der Waals surface area contributed by atoms with Crippen LogP contribution in [0.2, 0.25) is 0 Å². The highest BCUT2D eigenvalue weighted by Crippen LogP contribution is 2.16. The van der Waals surface area contributed by atoms with Crippen molar-refractivity contribution in [1.82, 2.24) is 0 Å². The number of esters is 1. The molecule has 0 aromatic heterocycles. The van der Waals surface area contributed by atoms with Gasteiger partial charge in [0.1, 0.15) is 6.61 Å². The summed E-state index contributed by atoms with van der Waals surface area (Å²) < 4.78 is 4.76. The standard InChI is InChI=1S/C12H22O4/c1-9(7-8-16-10(2)13)5-6-11(14)12(3,4)15/h7,11,14-15H,5-6,8H2,1-4H3/b9-7+/t11-/m0/s1. The van der Waals surface area contributed by atoms with Crippen LogP contribution in [0.1, 0.15) is 40.5 Å². The molecule has 16 heavy (non-hydrogen) atoms. The van der Waals surface area contributed by atoms with Gasteiger partial charge in [-0.3, -0.25) is 4.79 Å². The van der Waals surface area contributed by atoms with Crippen molar-refractivity contribution in [2.24, 2.45) is 0 Å². The Kier molecular flexibility index (Phi) is 6.29. The van der Waals surface area contributed by atoms with Crippen LogP contribution < -0.4 is 0 Å². The summed E-state index contributed by atoms with van der Waals surface area (Å²) in [6.45, 7) is 6.69. The number of aliphatic hydroxyl groups excluding tert-OH is 1. The van der Waals surface area contributed by atoms with Gasteiger partial charge >= 0.3 is 5.97 Å². The Morgan fingerprint density at radius 2 is 2.00 bits per heavy atom. The minimum absolute atomic E-state index is 0.264. The van der Waals surface area contributed by atoms with Gasteiger partial charge < -0.3 is 14.9 Å². The zero-order valence-corrected chi connectivity index (χ0v) is 10.5. The molecule has 0 aromatic carbocycles. The van der Waals surface area contributed by atoms with E-state index in [1.54, 1.807) is 19.9 Å². The van der Waals surface area contributed by atoms with E-state index >= 15 is 0 Å². The summed E-state index contributed by atoms with van der Waals surface area (Å²) in [6, 6.07) is 0. The molecule has 2 N–H and O–H groups in total. The molecule has 0 spiro atoms. The van der Waals surface area contributed by atoms with Gasteiger partial charge in [-0.25, -0.2) is 0 Å². The van der Waals surface area contributed by atoms with Crippen molar-refractivity contribution >= 4 is 5.97 Å². The number of rotatable bonds is 6. The molecule has 4 heteroatoms. The van der Waals surface area contributed by atoms with Gasteiger partial charge in [-0.2, -0.15) is 0 Å². The second-order valence-corrected chi connectivity index (χ2v) is 4.56. The maximum absolute atomic E-state index is 10.5. The molecule has 1 atom stereocenters. The van der Waals surface area contributed by atoms with Crippen LogP contribution in [0.15, 0.2) is 11.6 Å². The summed E-state index contributed by atoms with van der Waals surface area (Å²) in [6.07, 6.45) is 2.22. The minimum Gasteiger partial charge on any atom is -0.462 e. The molecular weight excluding hydrogens is 208 g/mol. The highest BCUT2D eigenvalue weighted by molar-refractivity contribution is 5.66. The van der Waals surface area contributed by atoms with Crippen LogP contribution in [0.3, 0.4) is 0 Å². The molecule has 0 amide bonds. The molecule has 0 bridgehead atoms. The molecule has 0 fully saturated rings. The van der Waals surface area contributed by atoms with Gasteiger partial charge in [0, 0.05) is 6.92 Å². The third kappa shape index (κ3) is 7.43. The smallest absolute Gasteiger partial charge is 0.302 e. The lowest BCUT2D eigenvalue weighted by atomic mass is 9.96. The lowest BCUT2D eigenvalue weighted by Gasteiger charge is -2.24. The van der Waals surface area contributed by atoms with Gasteiger partial charge in [-0.05, 0) is 39.7 Å². The third-order valence-electron chi connectivity index (χ3n) is 2.35. The van der Waals surface area contributed by atoms with E-state index in [0.29, 0.717) is 12.8 Å². The second kappa shape index (κ2) is 6.66. The van der Waals surface area contributed by atoms with E-state index in [-0.39, 0.29) is 12.6 Å². The molecule has 0 heterocycles. The first-order valence-corrected chi connectivity index (χ1v) is 5.43. The fourth-order valence-corrected chi connectivity index (χ4v) is 1.12. The fourth-order valence-electron chi connectivity index (χ4n) is 1.12. The van der Waals surface area contributed by atoms with Gasteiger partial charge in [-0.15, -0.1) is 0 Å². The van der Waals surface area contributed by atoms with Crippen molar-refractivity contribution in [2.75, 3.05) is 6.61 Å². The summed E-state index contributed by atoms with van der Waals surface area (Å²) >= 11 is 0. The summed E-state index contributed by atoms with van der Waals surface area (Å²) in [4.78, 5) is 10.5. The molecular formula is C12H22O4. The molecule has 0 unspecified atom stereocenters. The summed E-state index contributed by atoms with van der Waals surface area (Å²) in [5, 5.41) is 19.1. The molecule has 0 aliphatic carbocycles. The maximum atomic E-state index is 10.5. The van der Waals surface area contributed by atoms with Gasteiger partial charge in [0.05, 0.1) is 11.7 Å². The normalized spacial score (nSPS) is 14.8. The second-order valence-electron chi connectivity index (χ2n) is 4.56. The van der Waals surface area contributed by atoms with E-state index in [1.807, 2.05) is 6.92 Å². The van der Waals surface area contributed by atoms with Crippen LogP contribution >= 0.6 is 0 Å². The molecule has 0 aliphatic heterocycles. The average Bonchev–Trinajstić information content (AvgIpc) is 2.11. The Bertz CT molecular complexity index is 250. The number of hydrogen-bond donors (Lipinski definition) is 2. The number of hydrogen-bond acceptors (Lipinski definition) is 4. The van der Waals surface area contributed by atoms with Crippen molar-refractivity contribution < 1.29 is 19.7 Å². The highest BCUT2D eigenvalue weighted by Gasteiger charge is 2.23. The molecule has 0 saturated heterocycles. The van der Waals surface area contributed by atoms with Gasteiger partial charge in [0.15, 0.2) is 0 Å². The van der Waals surface area contributed by atoms with Gasteiger partial charge in [-0.1, -0.05) is 5.57 Å². The first-order chi connectivity index (χ1) is 7.23. The largest absolute Gasteiger partial charge is 0.462 e. The Morgan fingerprint density at radius 3 is 2.44 bits per heavy atom. The number of carbonyl (C=O) groups is 1. The topological polar surface area (TPSA) is 66.8 Å². The SMILES string of the molecule is CC(=O)OC/C=C(\C)CC[C@H](O)C(C)(C)O. The van der Waals surface area contributed by atoms with Crippen LogP contribution in [0.4, 0.5) is 0 Å². The van der Waals surface area contributed by atoms with Crippen molar-refractivity contribution in [3.05, 3.63) is 11.6 Å². The first kappa shape index (κ1) is 15.1. The number of carbonyl (C=O) groups excluding carboxylic acids is 1. The predicted molar refractivity (Wildman–Crippen MR) is 61.9 cm³/mol. The Hall–Kier alpha value is -0.870. The molecule has 0 aromatic rings.